The quantitative estimate of drug-likeness (QED) is 0.540. The number of carbonyl (C=O) groups is 2. The first-order valence-corrected chi connectivity index (χ1v) is 9.74. The number of nitrogens with one attached hydrogen (secondary N) is 1. The van der Waals surface area contributed by atoms with Crippen LogP contribution in [0.5, 0.6) is 0 Å². The van der Waals surface area contributed by atoms with E-state index >= 15 is 0 Å². The van der Waals surface area contributed by atoms with Crippen LogP contribution in [-0.2, 0) is 9.59 Å². The molecule has 0 radical (unpaired) electrons. The summed E-state index contributed by atoms with van der Waals surface area (Å²) < 4.78 is 0. The van der Waals surface area contributed by atoms with E-state index in [4.69, 9.17) is 0 Å². The molecule has 0 aliphatic carbocycles. The van der Waals surface area contributed by atoms with Crippen molar-refractivity contribution in [2.45, 2.75) is 18.0 Å². The van der Waals surface area contributed by atoms with Crippen LogP contribution in [0.2, 0.25) is 0 Å². The van der Waals surface area contributed by atoms with Crippen molar-refractivity contribution in [1.82, 2.24) is 14.9 Å². The Hall–Kier alpha value is -2.93. The first-order chi connectivity index (χ1) is 13.2. The summed E-state index contributed by atoms with van der Waals surface area (Å²) in [6.45, 7) is 0.512. The minimum absolute atomic E-state index is 0.0912. The Balaban J connectivity index is 1.57. The van der Waals surface area contributed by atoms with E-state index in [1.54, 1.807) is 0 Å². The molecule has 1 aliphatic rings. The van der Waals surface area contributed by atoms with Crippen LogP contribution in [-0.4, -0.2) is 39.0 Å². The lowest BCUT2D eigenvalue weighted by molar-refractivity contribution is -0.140. The first-order valence-electron chi connectivity index (χ1n) is 8.75. The second-order valence-corrected chi connectivity index (χ2v) is 7.14. The molecule has 1 N–H and O–H groups in total. The highest BCUT2D eigenvalue weighted by Gasteiger charge is 2.26. The van der Waals surface area contributed by atoms with Crippen LogP contribution < -0.4 is 5.32 Å². The molecule has 0 unspecified atom stereocenters. The van der Waals surface area contributed by atoms with Crippen molar-refractivity contribution in [3.63, 3.8) is 0 Å². The number of fused-ring (bicyclic) bond motifs is 1. The lowest BCUT2D eigenvalue weighted by Crippen LogP contribution is -2.33. The summed E-state index contributed by atoms with van der Waals surface area (Å²) in [5.41, 5.74) is 1.73. The molecule has 1 aliphatic heterocycles. The smallest absolute Gasteiger partial charge is 0.239 e. The van der Waals surface area contributed by atoms with Crippen LogP contribution in [0.3, 0.4) is 0 Å². The van der Waals surface area contributed by atoms with Gasteiger partial charge >= 0.3 is 0 Å². The van der Waals surface area contributed by atoms with Gasteiger partial charge in [-0.1, -0.05) is 42.1 Å². The maximum atomic E-state index is 12.3. The number of anilines is 2. The van der Waals surface area contributed by atoms with E-state index in [0.29, 0.717) is 23.9 Å². The molecule has 2 amide bonds. The van der Waals surface area contributed by atoms with Gasteiger partial charge in [0, 0.05) is 24.0 Å². The van der Waals surface area contributed by atoms with E-state index in [1.165, 1.54) is 16.7 Å². The standard InChI is InChI=1S/C20H18N4O2S/c25-17-11-6-12-24(17)18(26)13-27-20-22-16-10-5-4-9-15(16)19(23-20)21-14-7-2-1-3-8-14/h1-5,7-10H,6,11-13H2,(H,21,22,23). The summed E-state index contributed by atoms with van der Waals surface area (Å²) in [5, 5.41) is 4.74. The number of carbonyl (C=O) groups excluding carboxylic acids is 2. The highest BCUT2D eigenvalue weighted by molar-refractivity contribution is 7.99. The van der Waals surface area contributed by atoms with E-state index in [9.17, 15) is 9.59 Å². The Morgan fingerprint density at radius 1 is 1.07 bits per heavy atom. The number of nitrogens with zero attached hydrogens (tertiary/aromatic N) is 3. The Labute approximate surface area is 161 Å². The molecule has 0 atom stereocenters. The molecule has 2 aromatic carbocycles. The number of amides is 2. The number of rotatable bonds is 5. The van der Waals surface area contributed by atoms with Crippen molar-refractivity contribution in [3.8, 4) is 0 Å². The van der Waals surface area contributed by atoms with Crippen LogP contribution in [0.25, 0.3) is 10.9 Å². The fourth-order valence-corrected chi connectivity index (χ4v) is 3.72. The molecule has 1 aromatic heterocycles. The lowest BCUT2D eigenvalue weighted by Gasteiger charge is -2.13. The van der Waals surface area contributed by atoms with Gasteiger partial charge < -0.3 is 5.32 Å². The van der Waals surface area contributed by atoms with Gasteiger partial charge in [-0.05, 0) is 30.7 Å². The average Bonchev–Trinajstić information content (AvgIpc) is 3.13. The van der Waals surface area contributed by atoms with Gasteiger partial charge in [-0.15, -0.1) is 0 Å². The van der Waals surface area contributed by atoms with Crippen LogP contribution in [0.15, 0.2) is 59.8 Å². The average molecular weight is 378 g/mol. The highest BCUT2D eigenvalue weighted by Crippen LogP contribution is 2.27. The number of aromatic nitrogens is 2. The highest BCUT2D eigenvalue weighted by atomic mass is 32.2. The minimum atomic E-state index is -0.183. The van der Waals surface area contributed by atoms with Crippen LogP contribution >= 0.6 is 11.8 Å². The molecule has 0 bridgehead atoms. The zero-order valence-electron chi connectivity index (χ0n) is 14.6. The van der Waals surface area contributed by atoms with E-state index in [0.717, 1.165) is 23.0 Å². The van der Waals surface area contributed by atoms with E-state index in [1.807, 2.05) is 54.6 Å². The predicted octanol–water partition coefficient (Wildman–Crippen LogP) is 3.61. The topological polar surface area (TPSA) is 75.2 Å². The van der Waals surface area contributed by atoms with Gasteiger partial charge in [-0.2, -0.15) is 0 Å². The Bertz CT molecular complexity index is 994. The van der Waals surface area contributed by atoms with Gasteiger partial charge in [-0.25, -0.2) is 9.97 Å². The Kier molecular flexibility index (Phi) is 5.02. The van der Waals surface area contributed by atoms with Crippen molar-refractivity contribution >= 4 is 46.0 Å². The third-order valence-corrected chi connectivity index (χ3v) is 5.15. The second-order valence-electron chi connectivity index (χ2n) is 6.19. The number of imide groups is 1. The van der Waals surface area contributed by atoms with E-state index in [-0.39, 0.29) is 17.6 Å². The number of hydrogen-bond acceptors (Lipinski definition) is 6. The number of benzene rings is 2. The molecule has 136 valence electrons. The number of likely N-dealkylation sites (tertiary alicyclic amines) is 1. The molecule has 7 heteroatoms. The van der Waals surface area contributed by atoms with Gasteiger partial charge in [0.2, 0.25) is 11.8 Å². The van der Waals surface area contributed by atoms with Crippen molar-refractivity contribution < 1.29 is 9.59 Å². The molecule has 2 heterocycles. The molecular formula is C20H18N4O2S. The zero-order valence-corrected chi connectivity index (χ0v) is 15.4. The number of hydrogen-bond donors (Lipinski definition) is 1. The van der Waals surface area contributed by atoms with Crippen molar-refractivity contribution in [2.24, 2.45) is 0 Å². The van der Waals surface area contributed by atoms with Crippen molar-refractivity contribution in [3.05, 3.63) is 54.6 Å². The van der Waals surface area contributed by atoms with Gasteiger partial charge in [0.25, 0.3) is 0 Å². The number of thioether (sulfide) groups is 1. The molecule has 3 aromatic rings. The number of para-hydroxylation sites is 2. The second kappa shape index (κ2) is 7.75. The fourth-order valence-electron chi connectivity index (χ4n) is 2.99. The first kappa shape index (κ1) is 17.5. The van der Waals surface area contributed by atoms with Crippen molar-refractivity contribution in [1.29, 1.82) is 0 Å². The molecule has 27 heavy (non-hydrogen) atoms. The molecular weight excluding hydrogens is 360 g/mol. The summed E-state index contributed by atoms with van der Waals surface area (Å²) in [4.78, 5) is 34.5. The Morgan fingerprint density at radius 3 is 2.63 bits per heavy atom. The predicted molar refractivity (Wildman–Crippen MR) is 106 cm³/mol. The lowest BCUT2D eigenvalue weighted by atomic mass is 10.2. The van der Waals surface area contributed by atoms with Crippen LogP contribution in [0.4, 0.5) is 11.5 Å². The maximum Gasteiger partial charge on any atom is 0.239 e. The maximum absolute atomic E-state index is 12.3. The summed E-state index contributed by atoms with van der Waals surface area (Å²) >= 11 is 1.25. The molecule has 6 nitrogen and oxygen atoms in total. The van der Waals surface area contributed by atoms with Crippen LogP contribution in [0, 0.1) is 0 Å². The largest absolute Gasteiger partial charge is 0.340 e. The third-order valence-electron chi connectivity index (χ3n) is 4.32. The molecule has 0 saturated carbocycles. The van der Waals surface area contributed by atoms with Gasteiger partial charge in [0.15, 0.2) is 5.16 Å². The van der Waals surface area contributed by atoms with Crippen molar-refractivity contribution in [2.75, 3.05) is 17.6 Å². The summed E-state index contributed by atoms with van der Waals surface area (Å²) in [7, 11) is 0. The SMILES string of the molecule is O=C1CCCN1C(=O)CSc1nc(Nc2ccccc2)c2ccccc2n1. The minimum Gasteiger partial charge on any atom is -0.340 e. The summed E-state index contributed by atoms with van der Waals surface area (Å²) in [6.07, 6.45) is 1.20. The summed E-state index contributed by atoms with van der Waals surface area (Å²) in [6, 6.07) is 17.5. The molecule has 1 saturated heterocycles. The fraction of sp³-hybridized carbons (Fsp3) is 0.200. The normalized spacial score (nSPS) is 13.9. The Morgan fingerprint density at radius 2 is 1.85 bits per heavy atom. The van der Waals surface area contributed by atoms with Crippen LogP contribution in [0.1, 0.15) is 12.8 Å². The van der Waals surface area contributed by atoms with Gasteiger partial charge in [0.05, 0.1) is 11.3 Å². The summed E-state index contributed by atoms with van der Waals surface area (Å²) in [5.74, 6) is 0.566. The van der Waals surface area contributed by atoms with Gasteiger partial charge in [0.1, 0.15) is 5.82 Å². The zero-order chi connectivity index (χ0) is 18.6. The van der Waals surface area contributed by atoms with Gasteiger partial charge in [-0.3, -0.25) is 14.5 Å². The van der Waals surface area contributed by atoms with E-state index < -0.39 is 0 Å². The molecule has 1 fully saturated rings. The molecule has 4 rings (SSSR count). The van der Waals surface area contributed by atoms with E-state index in [2.05, 4.69) is 15.3 Å². The third kappa shape index (κ3) is 3.93. The molecule has 0 spiro atoms. The monoisotopic (exact) mass is 378 g/mol.